The Morgan fingerprint density at radius 3 is 2.95 bits per heavy atom. The molecular weight excluding hydrogens is 277 g/mol. The van der Waals surface area contributed by atoms with Gasteiger partial charge in [-0.2, -0.15) is 4.39 Å². The number of benzene rings is 1. The van der Waals surface area contributed by atoms with Crippen molar-refractivity contribution in [3.63, 3.8) is 0 Å². The standard InChI is InChI=1S/C14H18FN3O3/c1-16-14(19)12-6-2-3-8-17(12)9-10-5-4-7-11(13(10)15)18(20)21/h4-5,7,12H,2-3,6,8-9H2,1H3,(H,16,19). The largest absolute Gasteiger partial charge is 0.358 e. The number of rotatable bonds is 4. The van der Waals surface area contributed by atoms with Gasteiger partial charge in [-0.15, -0.1) is 0 Å². The first-order chi connectivity index (χ1) is 10.0. The van der Waals surface area contributed by atoms with Crippen molar-refractivity contribution in [1.29, 1.82) is 0 Å². The Morgan fingerprint density at radius 1 is 1.52 bits per heavy atom. The van der Waals surface area contributed by atoms with E-state index in [9.17, 15) is 19.3 Å². The number of likely N-dealkylation sites (tertiary alicyclic amines) is 1. The fourth-order valence-electron chi connectivity index (χ4n) is 2.69. The van der Waals surface area contributed by atoms with Gasteiger partial charge in [0.05, 0.1) is 11.0 Å². The molecule has 0 bridgehead atoms. The van der Waals surface area contributed by atoms with Crippen LogP contribution in [0.4, 0.5) is 10.1 Å². The quantitative estimate of drug-likeness (QED) is 0.679. The normalized spacial score (nSPS) is 19.2. The van der Waals surface area contributed by atoms with Gasteiger partial charge in [0.25, 0.3) is 0 Å². The molecule has 0 saturated carbocycles. The predicted molar refractivity (Wildman–Crippen MR) is 75.2 cm³/mol. The van der Waals surface area contributed by atoms with E-state index in [2.05, 4.69) is 5.32 Å². The molecule has 1 amide bonds. The number of nitrogens with one attached hydrogen (secondary N) is 1. The fraction of sp³-hybridized carbons (Fsp3) is 0.500. The van der Waals surface area contributed by atoms with Crippen LogP contribution in [0.3, 0.4) is 0 Å². The summed E-state index contributed by atoms with van der Waals surface area (Å²) in [5, 5.41) is 13.4. The second kappa shape index (κ2) is 6.62. The summed E-state index contributed by atoms with van der Waals surface area (Å²) in [6.07, 6.45) is 2.60. The molecular formula is C14H18FN3O3. The van der Waals surface area contributed by atoms with E-state index in [0.29, 0.717) is 6.54 Å². The van der Waals surface area contributed by atoms with Gasteiger partial charge in [-0.3, -0.25) is 19.8 Å². The number of nitro benzene ring substituents is 1. The first-order valence-corrected chi connectivity index (χ1v) is 6.92. The zero-order valence-electron chi connectivity index (χ0n) is 11.8. The Labute approximate surface area is 122 Å². The minimum atomic E-state index is -0.816. The highest BCUT2D eigenvalue weighted by Crippen LogP contribution is 2.24. The van der Waals surface area contributed by atoms with Crippen molar-refractivity contribution in [3.8, 4) is 0 Å². The van der Waals surface area contributed by atoms with Crippen molar-refractivity contribution in [1.82, 2.24) is 10.2 Å². The number of halogens is 1. The van der Waals surface area contributed by atoms with Crippen LogP contribution in [0.15, 0.2) is 18.2 Å². The molecule has 1 heterocycles. The molecule has 2 rings (SSSR count). The van der Waals surface area contributed by atoms with Crippen LogP contribution in [-0.4, -0.2) is 35.4 Å². The Morgan fingerprint density at radius 2 is 2.29 bits per heavy atom. The SMILES string of the molecule is CNC(=O)C1CCCCN1Cc1cccc([N+](=O)[O-])c1F. The number of nitro groups is 1. The summed E-state index contributed by atoms with van der Waals surface area (Å²) < 4.78 is 14.1. The number of carbonyl (C=O) groups excluding carboxylic acids is 1. The molecule has 0 aliphatic carbocycles. The number of carbonyl (C=O) groups is 1. The summed E-state index contributed by atoms with van der Waals surface area (Å²) in [5.41, 5.74) is -0.277. The minimum absolute atomic E-state index is 0.0967. The molecule has 0 radical (unpaired) electrons. The van der Waals surface area contributed by atoms with Crippen molar-refractivity contribution in [3.05, 3.63) is 39.7 Å². The second-order valence-corrected chi connectivity index (χ2v) is 5.10. The molecule has 114 valence electrons. The number of piperidine rings is 1. The van der Waals surface area contributed by atoms with Crippen LogP contribution >= 0.6 is 0 Å². The van der Waals surface area contributed by atoms with Crippen molar-refractivity contribution < 1.29 is 14.1 Å². The highest BCUT2D eigenvalue weighted by molar-refractivity contribution is 5.81. The molecule has 1 fully saturated rings. The third kappa shape index (κ3) is 3.36. The lowest BCUT2D eigenvalue weighted by atomic mass is 10.00. The maximum atomic E-state index is 14.1. The molecule has 1 unspecified atom stereocenters. The summed E-state index contributed by atoms with van der Waals surface area (Å²) in [4.78, 5) is 23.8. The highest BCUT2D eigenvalue weighted by Gasteiger charge is 2.29. The average molecular weight is 295 g/mol. The molecule has 0 aromatic heterocycles. The zero-order chi connectivity index (χ0) is 15.4. The molecule has 1 aromatic rings. The first kappa shape index (κ1) is 15.4. The summed E-state index contributed by atoms with van der Waals surface area (Å²) in [5.74, 6) is -0.913. The van der Waals surface area contributed by atoms with Gasteiger partial charge in [-0.25, -0.2) is 0 Å². The third-order valence-electron chi connectivity index (χ3n) is 3.79. The van der Waals surface area contributed by atoms with Crippen LogP contribution < -0.4 is 5.32 Å². The van der Waals surface area contributed by atoms with E-state index in [1.54, 1.807) is 7.05 Å². The Kier molecular flexibility index (Phi) is 4.85. The lowest BCUT2D eigenvalue weighted by molar-refractivity contribution is -0.387. The Bertz CT molecular complexity index is 550. The van der Waals surface area contributed by atoms with Crippen molar-refractivity contribution in [2.75, 3.05) is 13.6 Å². The number of hydrogen-bond acceptors (Lipinski definition) is 4. The molecule has 21 heavy (non-hydrogen) atoms. The molecule has 1 aliphatic heterocycles. The van der Waals surface area contributed by atoms with E-state index in [0.717, 1.165) is 25.3 Å². The number of hydrogen-bond donors (Lipinski definition) is 1. The van der Waals surface area contributed by atoms with Crippen LogP contribution in [0.25, 0.3) is 0 Å². The van der Waals surface area contributed by atoms with Gasteiger partial charge in [-0.1, -0.05) is 18.6 Å². The molecule has 0 spiro atoms. The van der Waals surface area contributed by atoms with Gasteiger partial charge in [0.1, 0.15) is 0 Å². The van der Waals surface area contributed by atoms with Gasteiger partial charge in [0.2, 0.25) is 11.7 Å². The predicted octanol–water partition coefficient (Wildman–Crippen LogP) is 1.83. The van der Waals surface area contributed by atoms with Gasteiger partial charge in [0, 0.05) is 25.2 Å². The van der Waals surface area contributed by atoms with E-state index >= 15 is 0 Å². The zero-order valence-corrected chi connectivity index (χ0v) is 11.8. The molecule has 1 N–H and O–H groups in total. The molecule has 7 heteroatoms. The van der Waals surface area contributed by atoms with E-state index < -0.39 is 16.4 Å². The molecule has 1 atom stereocenters. The van der Waals surface area contributed by atoms with Crippen molar-refractivity contribution in [2.45, 2.75) is 31.8 Å². The Balaban J connectivity index is 2.21. The van der Waals surface area contributed by atoms with Crippen LogP contribution in [0.5, 0.6) is 0 Å². The molecule has 6 nitrogen and oxygen atoms in total. The number of amides is 1. The van der Waals surface area contributed by atoms with Crippen molar-refractivity contribution in [2.24, 2.45) is 0 Å². The van der Waals surface area contributed by atoms with Gasteiger partial charge in [-0.05, 0) is 19.4 Å². The molecule has 1 aromatic carbocycles. The smallest absolute Gasteiger partial charge is 0.305 e. The van der Waals surface area contributed by atoms with E-state index in [-0.39, 0.29) is 24.1 Å². The summed E-state index contributed by atoms with van der Waals surface area (Å²) in [7, 11) is 1.57. The van der Waals surface area contributed by atoms with Gasteiger partial charge >= 0.3 is 5.69 Å². The van der Waals surface area contributed by atoms with Gasteiger partial charge in [0.15, 0.2) is 0 Å². The molecule has 1 saturated heterocycles. The minimum Gasteiger partial charge on any atom is -0.358 e. The van der Waals surface area contributed by atoms with E-state index in [1.165, 1.54) is 12.1 Å². The van der Waals surface area contributed by atoms with Crippen molar-refractivity contribution >= 4 is 11.6 Å². The van der Waals surface area contributed by atoms with Crippen LogP contribution in [0.2, 0.25) is 0 Å². The lowest BCUT2D eigenvalue weighted by Gasteiger charge is -2.34. The maximum Gasteiger partial charge on any atom is 0.305 e. The summed E-state index contributed by atoms with van der Waals surface area (Å²) in [6.45, 7) is 0.881. The monoisotopic (exact) mass is 295 g/mol. The Hall–Kier alpha value is -2.02. The fourth-order valence-corrected chi connectivity index (χ4v) is 2.69. The van der Waals surface area contributed by atoms with E-state index in [1.807, 2.05) is 4.90 Å². The maximum absolute atomic E-state index is 14.1. The first-order valence-electron chi connectivity index (χ1n) is 6.92. The average Bonchev–Trinajstić information content (AvgIpc) is 2.49. The topological polar surface area (TPSA) is 75.5 Å². The molecule has 1 aliphatic rings. The number of likely N-dealkylation sites (N-methyl/N-ethyl adjacent to an activating group) is 1. The summed E-state index contributed by atoms with van der Waals surface area (Å²) in [6, 6.07) is 3.83. The van der Waals surface area contributed by atoms with Crippen LogP contribution in [0.1, 0.15) is 24.8 Å². The third-order valence-corrected chi connectivity index (χ3v) is 3.79. The van der Waals surface area contributed by atoms with Crippen LogP contribution in [0, 0.1) is 15.9 Å². The summed E-state index contributed by atoms with van der Waals surface area (Å²) >= 11 is 0. The van der Waals surface area contributed by atoms with Crippen LogP contribution in [-0.2, 0) is 11.3 Å². The van der Waals surface area contributed by atoms with E-state index in [4.69, 9.17) is 0 Å². The highest BCUT2D eigenvalue weighted by atomic mass is 19.1. The number of nitrogens with zero attached hydrogens (tertiary/aromatic N) is 2. The lowest BCUT2D eigenvalue weighted by Crippen LogP contribution is -2.48. The second-order valence-electron chi connectivity index (χ2n) is 5.10. The van der Waals surface area contributed by atoms with Gasteiger partial charge < -0.3 is 5.32 Å².